The van der Waals surface area contributed by atoms with Gasteiger partial charge in [-0.2, -0.15) is 0 Å². The number of nitro benzene ring substituents is 1. The zero-order valence-electron chi connectivity index (χ0n) is 23.7. The van der Waals surface area contributed by atoms with Crippen molar-refractivity contribution >= 4 is 52.6 Å². The molecule has 0 radical (unpaired) electrons. The summed E-state index contributed by atoms with van der Waals surface area (Å²) in [5, 5.41) is 12.0. The van der Waals surface area contributed by atoms with Crippen LogP contribution < -0.4 is 4.90 Å². The number of amides is 2. The van der Waals surface area contributed by atoms with E-state index in [4.69, 9.17) is 11.6 Å². The summed E-state index contributed by atoms with van der Waals surface area (Å²) < 4.78 is 0. The molecule has 2 aliphatic heterocycles. The van der Waals surface area contributed by atoms with Gasteiger partial charge < -0.3 is 14.7 Å². The molecular weight excluding hydrogens is 584 g/mol. The lowest BCUT2D eigenvalue weighted by atomic mass is 9.92. The number of rotatable bonds is 6. The number of thioether (sulfide) groups is 1. The molecule has 1 saturated carbocycles. The first-order valence-electron chi connectivity index (χ1n) is 14.7. The van der Waals surface area contributed by atoms with Crippen LogP contribution in [0.2, 0.25) is 5.02 Å². The lowest BCUT2D eigenvalue weighted by molar-refractivity contribution is -0.384. The lowest BCUT2D eigenvalue weighted by Crippen LogP contribution is -2.50. The number of halogens is 1. The molecule has 0 bridgehead atoms. The van der Waals surface area contributed by atoms with E-state index in [-0.39, 0.29) is 23.5 Å². The van der Waals surface area contributed by atoms with Gasteiger partial charge in [0.15, 0.2) is 0 Å². The summed E-state index contributed by atoms with van der Waals surface area (Å²) in [5.74, 6) is 0.0302. The average molecular weight is 617 g/mol. The van der Waals surface area contributed by atoms with Gasteiger partial charge >= 0.3 is 0 Å². The SMILES string of the molecule is O=C(c1ccc(/C=C2/SC3CCCCC3N(Cc3cccc(Cl)c3)C2=O)cc1)N1CCN(c2ccc([N+](=O)[O-])cc2)CC1. The second kappa shape index (κ2) is 12.8. The van der Waals surface area contributed by atoms with Crippen LogP contribution in [0.1, 0.15) is 47.2 Å². The number of nitrogens with zero attached hydrogens (tertiary/aromatic N) is 4. The second-order valence-corrected chi connectivity index (χ2v) is 13.0. The Morgan fingerprint density at radius 1 is 0.977 bits per heavy atom. The fourth-order valence-corrected chi connectivity index (χ4v) is 7.89. The van der Waals surface area contributed by atoms with Crippen LogP contribution in [0.25, 0.3) is 6.08 Å². The summed E-state index contributed by atoms with van der Waals surface area (Å²) in [7, 11) is 0. The zero-order valence-corrected chi connectivity index (χ0v) is 25.3. The maximum atomic E-state index is 13.7. The van der Waals surface area contributed by atoms with Gasteiger partial charge in [0, 0.05) is 72.4 Å². The van der Waals surface area contributed by atoms with Crippen molar-refractivity contribution in [2.24, 2.45) is 0 Å². The van der Waals surface area contributed by atoms with Crippen molar-refractivity contribution in [1.82, 2.24) is 9.80 Å². The Morgan fingerprint density at radius 3 is 2.40 bits per heavy atom. The van der Waals surface area contributed by atoms with Crippen LogP contribution in [0.4, 0.5) is 11.4 Å². The Labute approximate surface area is 260 Å². The monoisotopic (exact) mass is 616 g/mol. The Hall–Kier alpha value is -3.82. The van der Waals surface area contributed by atoms with E-state index in [1.807, 2.05) is 64.4 Å². The van der Waals surface area contributed by atoms with E-state index in [0.717, 1.165) is 41.0 Å². The highest BCUT2D eigenvalue weighted by molar-refractivity contribution is 8.04. The van der Waals surface area contributed by atoms with Crippen molar-refractivity contribution in [1.29, 1.82) is 0 Å². The fraction of sp³-hybridized carbons (Fsp3) is 0.333. The smallest absolute Gasteiger partial charge is 0.269 e. The van der Waals surface area contributed by atoms with Gasteiger partial charge in [0.25, 0.3) is 17.5 Å². The van der Waals surface area contributed by atoms with E-state index in [9.17, 15) is 19.7 Å². The number of hydrogen-bond acceptors (Lipinski definition) is 6. The van der Waals surface area contributed by atoms with Crippen molar-refractivity contribution in [3.63, 3.8) is 0 Å². The van der Waals surface area contributed by atoms with Crippen molar-refractivity contribution in [2.75, 3.05) is 31.1 Å². The lowest BCUT2D eigenvalue weighted by Gasteiger charge is -2.44. The minimum absolute atomic E-state index is 0.0246. The molecule has 2 atom stereocenters. The van der Waals surface area contributed by atoms with Crippen LogP contribution >= 0.6 is 23.4 Å². The minimum atomic E-state index is -0.405. The van der Waals surface area contributed by atoms with Gasteiger partial charge in [0.05, 0.1) is 9.83 Å². The Kier molecular flexibility index (Phi) is 8.72. The largest absolute Gasteiger partial charge is 0.368 e. The number of nitro groups is 1. The van der Waals surface area contributed by atoms with E-state index >= 15 is 0 Å². The van der Waals surface area contributed by atoms with Gasteiger partial charge in [-0.1, -0.05) is 48.7 Å². The molecule has 2 heterocycles. The van der Waals surface area contributed by atoms with Crippen molar-refractivity contribution in [2.45, 2.75) is 43.5 Å². The van der Waals surface area contributed by atoms with E-state index in [2.05, 4.69) is 4.90 Å². The maximum absolute atomic E-state index is 13.7. The molecule has 6 rings (SSSR count). The topological polar surface area (TPSA) is 87.0 Å². The van der Waals surface area contributed by atoms with Crippen molar-refractivity contribution in [3.05, 3.63) is 110 Å². The number of piperazine rings is 1. The van der Waals surface area contributed by atoms with Crippen LogP contribution in [-0.2, 0) is 11.3 Å². The molecule has 3 fully saturated rings. The van der Waals surface area contributed by atoms with Gasteiger partial charge in [-0.15, -0.1) is 11.8 Å². The molecule has 10 heteroatoms. The zero-order chi connectivity index (χ0) is 29.9. The van der Waals surface area contributed by atoms with Gasteiger partial charge in [-0.25, -0.2) is 0 Å². The van der Waals surface area contributed by atoms with E-state index < -0.39 is 4.92 Å². The van der Waals surface area contributed by atoms with Crippen LogP contribution in [0.3, 0.4) is 0 Å². The van der Waals surface area contributed by atoms with E-state index in [1.165, 1.54) is 18.6 Å². The Bertz CT molecular complexity index is 1540. The molecule has 3 aromatic rings. The first-order valence-corrected chi connectivity index (χ1v) is 15.9. The molecule has 0 spiro atoms. The predicted octanol–water partition coefficient (Wildman–Crippen LogP) is 6.64. The van der Waals surface area contributed by atoms with Crippen molar-refractivity contribution < 1.29 is 14.5 Å². The van der Waals surface area contributed by atoms with Crippen LogP contribution in [0.15, 0.2) is 77.7 Å². The molecular formula is C33H33ClN4O4S. The summed E-state index contributed by atoms with van der Waals surface area (Å²) >= 11 is 7.94. The first-order chi connectivity index (χ1) is 20.9. The molecule has 0 N–H and O–H groups in total. The highest BCUT2D eigenvalue weighted by atomic mass is 35.5. The molecule has 0 aromatic heterocycles. The molecule has 8 nitrogen and oxygen atoms in total. The van der Waals surface area contributed by atoms with E-state index in [0.29, 0.717) is 48.6 Å². The van der Waals surface area contributed by atoms with Gasteiger partial charge in [-0.3, -0.25) is 19.7 Å². The third kappa shape index (κ3) is 6.58. The molecule has 3 aliphatic rings. The highest BCUT2D eigenvalue weighted by Crippen LogP contribution is 2.43. The predicted molar refractivity (Wildman–Crippen MR) is 171 cm³/mol. The molecule has 3 aromatic carbocycles. The number of fused-ring (bicyclic) bond motifs is 1. The highest BCUT2D eigenvalue weighted by Gasteiger charge is 2.40. The minimum Gasteiger partial charge on any atom is -0.368 e. The number of carbonyl (C=O) groups excluding carboxylic acids is 2. The summed E-state index contributed by atoms with van der Waals surface area (Å²) in [6.45, 7) is 2.99. The normalized spacial score (nSPS) is 21.6. The molecule has 43 heavy (non-hydrogen) atoms. The van der Waals surface area contributed by atoms with Crippen LogP contribution in [-0.4, -0.2) is 64.0 Å². The average Bonchev–Trinajstić information content (AvgIpc) is 3.03. The second-order valence-electron chi connectivity index (χ2n) is 11.3. The first kappa shape index (κ1) is 29.3. The molecule has 2 saturated heterocycles. The Balaban J connectivity index is 1.11. The maximum Gasteiger partial charge on any atom is 0.269 e. The van der Waals surface area contributed by atoms with Crippen LogP contribution in [0.5, 0.6) is 0 Å². The number of carbonyl (C=O) groups is 2. The standard InChI is InChI=1S/C33H33ClN4O4S/c34-26-5-3-4-24(20-26)22-37-29-6-1-2-7-30(29)43-31(33(37)40)21-23-8-10-25(11-9-23)32(39)36-18-16-35(17-19-36)27-12-14-28(15-13-27)38(41)42/h3-5,8-15,20-21,29-30H,1-2,6-7,16-19,22H2/b31-21+. The van der Waals surface area contributed by atoms with E-state index in [1.54, 1.807) is 23.9 Å². The third-order valence-electron chi connectivity index (χ3n) is 8.51. The Morgan fingerprint density at radius 2 is 1.70 bits per heavy atom. The third-order valence-corrected chi connectivity index (χ3v) is 10.1. The summed E-state index contributed by atoms with van der Waals surface area (Å²) in [4.78, 5) is 44.3. The fourth-order valence-electron chi connectivity index (χ4n) is 6.20. The molecule has 2 amide bonds. The molecule has 222 valence electrons. The van der Waals surface area contributed by atoms with Gasteiger partial charge in [-0.05, 0) is 66.4 Å². The quantitative estimate of drug-likeness (QED) is 0.175. The summed E-state index contributed by atoms with van der Waals surface area (Å²) in [6.07, 6.45) is 6.40. The van der Waals surface area contributed by atoms with Gasteiger partial charge in [0.2, 0.25) is 0 Å². The number of benzene rings is 3. The number of non-ortho nitro benzene ring substituents is 1. The molecule has 1 aliphatic carbocycles. The summed E-state index contributed by atoms with van der Waals surface area (Å²) in [5.41, 5.74) is 3.52. The summed E-state index contributed by atoms with van der Waals surface area (Å²) in [6, 6.07) is 22.0. The number of anilines is 1. The van der Waals surface area contributed by atoms with Gasteiger partial charge in [0.1, 0.15) is 0 Å². The van der Waals surface area contributed by atoms with Crippen LogP contribution in [0, 0.1) is 10.1 Å². The van der Waals surface area contributed by atoms with Crippen molar-refractivity contribution in [3.8, 4) is 0 Å². The molecule has 2 unspecified atom stereocenters. The number of hydrogen-bond donors (Lipinski definition) is 0.